The molecule has 4 aromatic rings. The summed E-state index contributed by atoms with van der Waals surface area (Å²) in [5, 5.41) is 8.48. The highest BCUT2D eigenvalue weighted by atomic mass is 19.1. The first-order valence-electron chi connectivity index (χ1n) is 14.0. The molecule has 2 aliphatic heterocycles. The summed E-state index contributed by atoms with van der Waals surface area (Å²) < 4.78 is 18.6. The second kappa shape index (κ2) is 9.91. The quantitative estimate of drug-likeness (QED) is 0.388. The summed E-state index contributed by atoms with van der Waals surface area (Å²) in [4.78, 5) is 48.0. The number of hydrogen-bond acceptors (Lipinski definition) is 6. The Hall–Kier alpha value is -4.38. The number of fused-ring (bicyclic) bond motifs is 1. The predicted octanol–water partition coefficient (Wildman–Crippen LogP) is 3.14. The van der Waals surface area contributed by atoms with Crippen LogP contribution >= 0.6 is 0 Å². The highest BCUT2D eigenvalue weighted by Gasteiger charge is 2.37. The predicted molar refractivity (Wildman–Crippen MR) is 150 cm³/mol. The van der Waals surface area contributed by atoms with Crippen molar-refractivity contribution in [1.82, 2.24) is 34.3 Å². The molecule has 2 amide bonds. The minimum Gasteiger partial charge on any atom is -0.325 e. The number of imidazole rings is 1. The van der Waals surface area contributed by atoms with Crippen LogP contribution in [0, 0.1) is 11.7 Å². The molecule has 1 saturated heterocycles. The highest BCUT2D eigenvalue weighted by Crippen LogP contribution is 2.39. The van der Waals surface area contributed by atoms with Crippen molar-refractivity contribution in [3.05, 3.63) is 65.5 Å². The summed E-state index contributed by atoms with van der Waals surface area (Å²) in [5.74, 6) is -0.574. The Morgan fingerprint density at radius 2 is 1.85 bits per heavy atom. The van der Waals surface area contributed by atoms with Crippen molar-refractivity contribution in [2.75, 3.05) is 33.2 Å². The second-order valence-electron chi connectivity index (χ2n) is 11.1. The van der Waals surface area contributed by atoms with Gasteiger partial charge in [0.15, 0.2) is 11.6 Å². The van der Waals surface area contributed by atoms with Crippen LogP contribution in [0.4, 0.5) is 9.18 Å². The van der Waals surface area contributed by atoms with E-state index in [1.54, 1.807) is 26.4 Å². The molecule has 10 nitrogen and oxygen atoms in total. The summed E-state index contributed by atoms with van der Waals surface area (Å²) >= 11 is 0. The summed E-state index contributed by atoms with van der Waals surface area (Å²) in [6.45, 7) is 3.36. The Labute approximate surface area is 235 Å². The lowest BCUT2D eigenvalue weighted by Gasteiger charge is -2.35. The summed E-state index contributed by atoms with van der Waals surface area (Å²) in [6.07, 6.45) is 5.01. The fraction of sp³-hybridized carbons (Fsp3) is 0.367. The zero-order chi connectivity index (χ0) is 28.2. The van der Waals surface area contributed by atoms with E-state index in [1.165, 1.54) is 12.1 Å². The van der Waals surface area contributed by atoms with Crippen LogP contribution in [0.25, 0.3) is 27.7 Å². The van der Waals surface area contributed by atoms with Crippen molar-refractivity contribution in [3.8, 4) is 0 Å². The first-order chi connectivity index (χ1) is 19.9. The Bertz CT molecular complexity index is 1760. The topological polar surface area (TPSA) is 105 Å². The number of hydrogen-bond donors (Lipinski definition) is 1. The molecule has 3 aliphatic rings. The van der Waals surface area contributed by atoms with E-state index in [0.717, 1.165) is 19.4 Å². The van der Waals surface area contributed by atoms with Gasteiger partial charge in [-0.3, -0.25) is 18.7 Å². The maximum Gasteiger partial charge on any atom is 0.320 e. The number of nitrogens with one attached hydrogen (secondary N) is 1. The molecular weight excluding hydrogens is 525 g/mol. The lowest BCUT2D eigenvalue weighted by atomic mass is 9.97. The number of benzene rings is 1. The van der Waals surface area contributed by atoms with Crippen molar-refractivity contribution >= 4 is 45.3 Å². The number of carbonyl (C=O) groups excluding carboxylic acids is 3. The lowest BCUT2D eigenvalue weighted by Crippen LogP contribution is -2.47. The fourth-order valence-electron chi connectivity index (χ4n) is 6.55. The molecule has 1 aromatic carbocycles. The van der Waals surface area contributed by atoms with E-state index < -0.39 is 5.82 Å². The molecular formula is C30H30FN7O3. The third-order valence-electron chi connectivity index (χ3n) is 8.52. The summed E-state index contributed by atoms with van der Waals surface area (Å²) in [6, 6.07) is 8.26. The monoisotopic (exact) mass is 555 g/mol. The lowest BCUT2D eigenvalue weighted by molar-refractivity contribution is -0.119. The van der Waals surface area contributed by atoms with Crippen LogP contribution in [-0.2, 0) is 22.7 Å². The van der Waals surface area contributed by atoms with Crippen molar-refractivity contribution in [2.45, 2.75) is 32.4 Å². The van der Waals surface area contributed by atoms with Gasteiger partial charge in [0.25, 0.3) is 0 Å². The molecule has 3 aromatic heterocycles. The largest absolute Gasteiger partial charge is 0.325 e. The minimum absolute atomic E-state index is 0.0505. The standard InChI is InChI=1S/C30H30FN7O3/c1-32-15-18-5-8-35(9-6-18)30(41)36-10-11-38-29-19(17-36)12-20(31)13-21(29)28(34-38)27-24(40)14-23(39)26(27)22-16-33-25-4-2-3-7-37(22)25/h2-4,7,12-13,16,18,32H,5-6,8-11,14-15,17H2,1H3. The number of Topliss-reactive ketones (excluding diaryl/α,β-unsaturated/α-hetero) is 2. The summed E-state index contributed by atoms with van der Waals surface area (Å²) in [7, 11) is 1.95. The maximum atomic E-state index is 15.1. The Balaban J connectivity index is 1.28. The zero-order valence-corrected chi connectivity index (χ0v) is 22.8. The van der Waals surface area contributed by atoms with E-state index in [9.17, 15) is 14.4 Å². The first-order valence-corrected chi connectivity index (χ1v) is 14.0. The Kier molecular flexibility index (Phi) is 6.19. The molecule has 0 atom stereocenters. The first kappa shape index (κ1) is 25.6. The van der Waals surface area contributed by atoms with Gasteiger partial charge in [0, 0.05) is 43.3 Å². The molecule has 0 radical (unpaired) electrons. The third kappa shape index (κ3) is 4.22. The molecule has 41 heavy (non-hydrogen) atoms. The van der Waals surface area contributed by atoms with E-state index in [4.69, 9.17) is 5.10 Å². The van der Waals surface area contributed by atoms with Crippen LogP contribution in [0.15, 0.2) is 42.7 Å². The van der Waals surface area contributed by atoms with Gasteiger partial charge in [0.1, 0.15) is 17.2 Å². The number of nitrogens with zero attached hydrogens (tertiary/aromatic N) is 6. The molecule has 210 valence electrons. The van der Waals surface area contributed by atoms with Gasteiger partial charge in [0.2, 0.25) is 0 Å². The van der Waals surface area contributed by atoms with Crippen molar-refractivity contribution in [1.29, 1.82) is 0 Å². The van der Waals surface area contributed by atoms with E-state index in [-0.39, 0.29) is 41.7 Å². The smallest absolute Gasteiger partial charge is 0.320 e. The molecule has 1 fully saturated rings. The van der Waals surface area contributed by atoms with Crippen LogP contribution in [0.5, 0.6) is 0 Å². The van der Waals surface area contributed by atoms with E-state index in [2.05, 4.69) is 10.3 Å². The number of ketones is 2. The van der Waals surface area contributed by atoms with E-state index in [1.807, 2.05) is 30.1 Å². The maximum absolute atomic E-state index is 15.1. The van der Waals surface area contributed by atoms with Crippen LogP contribution in [0.2, 0.25) is 0 Å². The van der Waals surface area contributed by atoms with Crippen molar-refractivity contribution in [3.63, 3.8) is 0 Å². The molecule has 0 saturated carbocycles. The molecule has 1 aliphatic carbocycles. The van der Waals surface area contributed by atoms with Crippen LogP contribution in [-0.4, -0.2) is 79.8 Å². The van der Waals surface area contributed by atoms with Crippen LogP contribution in [0.3, 0.4) is 0 Å². The Morgan fingerprint density at radius 3 is 2.66 bits per heavy atom. The van der Waals surface area contributed by atoms with Gasteiger partial charge in [-0.2, -0.15) is 5.10 Å². The molecule has 11 heteroatoms. The third-order valence-corrected chi connectivity index (χ3v) is 8.52. The zero-order valence-electron chi connectivity index (χ0n) is 22.8. The number of piperidine rings is 1. The number of rotatable bonds is 4. The van der Waals surface area contributed by atoms with Crippen molar-refractivity contribution in [2.24, 2.45) is 5.92 Å². The number of carbonyl (C=O) groups is 3. The number of aromatic nitrogens is 4. The SMILES string of the molecule is CNCC1CCN(C(=O)N2CCn3nc(C4=C(c5cnc6ccccn56)C(=O)CC4=O)c4cc(F)cc(c43)C2)CC1. The summed E-state index contributed by atoms with van der Waals surface area (Å²) in [5.41, 5.74) is 3.21. The minimum atomic E-state index is -0.482. The number of pyridine rings is 1. The number of urea groups is 1. The van der Waals surface area contributed by atoms with Gasteiger partial charge in [-0.25, -0.2) is 14.2 Å². The fourth-order valence-corrected chi connectivity index (χ4v) is 6.55. The van der Waals surface area contributed by atoms with Gasteiger partial charge < -0.3 is 15.1 Å². The molecule has 0 unspecified atom stereocenters. The Morgan fingerprint density at radius 1 is 1.05 bits per heavy atom. The highest BCUT2D eigenvalue weighted by molar-refractivity contribution is 6.51. The van der Waals surface area contributed by atoms with Gasteiger partial charge in [-0.05, 0) is 56.6 Å². The van der Waals surface area contributed by atoms with E-state index >= 15 is 4.39 Å². The number of amides is 2. The molecule has 0 spiro atoms. The number of likely N-dealkylation sites (tertiary alicyclic amines) is 1. The van der Waals surface area contributed by atoms with Gasteiger partial charge >= 0.3 is 6.03 Å². The molecule has 7 rings (SSSR count). The van der Waals surface area contributed by atoms with Crippen LogP contribution < -0.4 is 5.32 Å². The second-order valence-corrected chi connectivity index (χ2v) is 11.1. The average Bonchev–Trinajstić information content (AvgIpc) is 3.59. The average molecular weight is 556 g/mol. The van der Waals surface area contributed by atoms with E-state index in [0.29, 0.717) is 65.6 Å². The normalized spacial score (nSPS) is 18.3. The van der Waals surface area contributed by atoms with Crippen LogP contribution in [0.1, 0.15) is 36.2 Å². The number of allylic oxidation sites excluding steroid dienone is 2. The van der Waals surface area contributed by atoms with Gasteiger partial charge in [-0.1, -0.05) is 6.07 Å². The molecule has 5 heterocycles. The number of halogens is 1. The van der Waals surface area contributed by atoms with Crippen molar-refractivity contribution < 1.29 is 18.8 Å². The molecule has 0 bridgehead atoms. The van der Waals surface area contributed by atoms with Gasteiger partial charge in [0.05, 0.1) is 41.5 Å². The van der Waals surface area contributed by atoms with Gasteiger partial charge in [-0.15, -0.1) is 0 Å². The molecule has 1 N–H and O–H groups in total.